The molecule has 1 unspecified atom stereocenters. The van der Waals surface area contributed by atoms with Crippen LogP contribution in [0.2, 0.25) is 0 Å². The standard InChI is InChI=1S/C25H47N5O6/c1-4-5-14-30(29-26-3)21-24(22-31)27-12-8-15-34-17-19-36-20-18-35-16-9-13-28-25(33)11-7-6-10-23(2)32/h5,14,22,24,27H,4,6-13,15-21H2,1-3H3,(H,28,33)/b14-5+,29-26?. The van der Waals surface area contributed by atoms with E-state index in [1.54, 1.807) is 19.0 Å². The SMILES string of the molecule is CC/C=C/N(CC(C=O)NCCCOCCOCCOCCCNC(=O)CCCCC(C)=O)N=NC. The Balaban J connectivity index is 3.49. The summed E-state index contributed by atoms with van der Waals surface area (Å²) in [6, 6.07) is -0.333. The summed E-state index contributed by atoms with van der Waals surface area (Å²) in [5.74, 6) is 0.185. The summed E-state index contributed by atoms with van der Waals surface area (Å²) in [5, 5.41) is 15.4. The van der Waals surface area contributed by atoms with Gasteiger partial charge in [0.2, 0.25) is 5.91 Å². The largest absolute Gasteiger partial charge is 0.379 e. The fourth-order valence-corrected chi connectivity index (χ4v) is 2.98. The molecule has 11 nitrogen and oxygen atoms in total. The van der Waals surface area contributed by atoms with E-state index in [0.717, 1.165) is 38.4 Å². The monoisotopic (exact) mass is 513 g/mol. The van der Waals surface area contributed by atoms with Gasteiger partial charge in [-0.05, 0) is 45.6 Å². The Morgan fingerprint density at radius 3 is 2.11 bits per heavy atom. The lowest BCUT2D eigenvalue weighted by molar-refractivity contribution is -0.121. The van der Waals surface area contributed by atoms with Gasteiger partial charge in [0.1, 0.15) is 12.1 Å². The molecule has 2 N–H and O–H groups in total. The van der Waals surface area contributed by atoms with Crippen LogP contribution in [0, 0.1) is 0 Å². The van der Waals surface area contributed by atoms with Gasteiger partial charge in [-0.15, -0.1) is 0 Å². The van der Waals surface area contributed by atoms with Gasteiger partial charge in [-0.2, -0.15) is 5.11 Å². The van der Waals surface area contributed by atoms with Gasteiger partial charge in [0.15, 0.2) is 0 Å². The predicted octanol–water partition coefficient (Wildman–Crippen LogP) is 2.46. The number of nitrogens with zero attached hydrogens (tertiary/aromatic N) is 3. The molecule has 36 heavy (non-hydrogen) atoms. The lowest BCUT2D eigenvalue weighted by Gasteiger charge is -2.18. The van der Waals surface area contributed by atoms with Gasteiger partial charge in [0, 0.05) is 38.8 Å². The first-order valence-electron chi connectivity index (χ1n) is 12.9. The van der Waals surface area contributed by atoms with Gasteiger partial charge in [-0.1, -0.05) is 18.2 Å². The smallest absolute Gasteiger partial charge is 0.219 e. The molecular weight excluding hydrogens is 466 g/mol. The zero-order chi connectivity index (χ0) is 26.7. The number of hydrogen-bond donors (Lipinski definition) is 2. The fourth-order valence-electron chi connectivity index (χ4n) is 2.98. The summed E-state index contributed by atoms with van der Waals surface area (Å²) in [6.45, 7) is 8.39. The van der Waals surface area contributed by atoms with E-state index in [1.807, 2.05) is 19.2 Å². The molecule has 0 rings (SSSR count). The molecular formula is C25H47N5O6. The van der Waals surface area contributed by atoms with Crippen molar-refractivity contribution in [1.29, 1.82) is 0 Å². The molecule has 0 aliphatic heterocycles. The molecule has 208 valence electrons. The topological polar surface area (TPSA) is 131 Å². The van der Waals surface area contributed by atoms with E-state index in [9.17, 15) is 14.4 Å². The van der Waals surface area contributed by atoms with Crippen LogP contribution in [-0.4, -0.2) is 95.4 Å². The molecule has 1 amide bonds. The Labute approximate surface area is 216 Å². The molecule has 0 radical (unpaired) electrons. The Kier molecular flexibility index (Phi) is 24.3. The number of unbranched alkanes of at least 4 members (excludes halogenated alkanes) is 1. The van der Waals surface area contributed by atoms with Crippen molar-refractivity contribution >= 4 is 18.0 Å². The molecule has 0 aromatic carbocycles. The highest BCUT2D eigenvalue weighted by molar-refractivity contribution is 5.76. The van der Waals surface area contributed by atoms with Crippen LogP contribution in [0.15, 0.2) is 22.6 Å². The Bertz CT molecular complexity index is 618. The van der Waals surface area contributed by atoms with Crippen LogP contribution in [0.1, 0.15) is 58.8 Å². The summed E-state index contributed by atoms with van der Waals surface area (Å²) in [5.41, 5.74) is 0. The van der Waals surface area contributed by atoms with Gasteiger partial charge in [-0.25, -0.2) is 0 Å². The average molecular weight is 514 g/mol. The van der Waals surface area contributed by atoms with E-state index < -0.39 is 0 Å². The fraction of sp³-hybridized carbons (Fsp3) is 0.800. The molecule has 0 saturated carbocycles. The van der Waals surface area contributed by atoms with Crippen molar-refractivity contribution in [1.82, 2.24) is 15.6 Å². The second-order valence-corrected chi connectivity index (χ2v) is 8.20. The van der Waals surface area contributed by atoms with Crippen molar-refractivity contribution in [2.75, 3.05) is 66.3 Å². The van der Waals surface area contributed by atoms with Crippen molar-refractivity contribution in [3.63, 3.8) is 0 Å². The van der Waals surface area contributed by atoms with Crippen molar-refractivity contribution < 1.29 is 28.6 Å². The molecule has 0 aliphatic carbocycles. The first-order valence-corrected chi connectivity index (χ1v) is 12.9. The number of ether oxygens (including phenoxy) is 3. The molecule has 11 heteroatoms. The van der Waals surface area contributed by atoms with Gasteiger partial charge < -0.3 is 34.4 Å². The van der Waals surface area contributed by atoms with Crippen molar-refractivity contribution in [2.24, 2.45) is 10.3 Å². The predicted molar refractivity (Wildman–Crippen MR) is 139 cm³/mol. The number of hydrogen-bond acceptors (Lipinski definition) is 9. The summed E-state index contributed by atoms with van der Waals surface area (Å²) in [4.78, 5) is 33.8. The van der Waals surface area contributed by atoms with E-state index >= 15 is 0 Å². The third-order valence-electron chi connectivity index (χ3n) is 4.85. The highest BCUT2D eigenvalue weighted by Gasteiger charge is 2.10. The molecule has 0 saturated heterocycles. The van der Waals surface area contributed by atoms with Crippen LogP contribution in [-0.2, 0) is 28.6 Å². The number of allylic oxidation sites excluding steroid dienone is 1. The number of ketones is 1. The zero-order valence-corrected chi connectivity index (χ0v) is 22.4. The molecule has 0 aliphatic rings. The number of rotatable bonds is 26. The minimum atomic E-state index is -0.333. The van der Waals surface area contributed by atoms with E-state index in [0.29, 0.717) is 72.1 Å². The minimum absolute atomic E-state index is 0.0203. The number of amides is 1. The number of nitrogens with one attached hydrogen (secondary N) is 2. The highest BCUT2D eigenvalue weighted by atomic mass is 16.5. The van der Waals surface area contributed by atoms with Crippen LogP contribution >= 0.6 is 0 Å². The zero-order valence-electron chi connectivity index (χ0n) is 22.4. The lowest BCUT2D eigenvalue weighted by atomic mass is 10.1. The van der Waals surface area contributed by atoms with Gasteiger partial charge in [0.05, 0.1) is 46.1 Å². The summed E-state index contributed by atoms with van der Waals surface area (Å²) in [6.07, 6.45) is 9.58. The molecule has 1 atom stereocenters. The number of carbonyl (C=O) groups is 3. The number of aldehydes is 1. The van der Waals surface area contributed by atoms with Crippen LogP contribution in [0.3, 0.4) is 0 Å². The minimum Gasteiger partial charge on any atom is -0.379 e. The number of carbonyl (C=O) groups excluding carboxylic acids is 3. The third kappa shape index (κ3) is 23.5. The third-order valence-corrected chi connectivity index (χ3v) is 4.85. The number of Topliss-reactive ketones (excluding diaryl/α,β-unsaturated/α-hetero) is 1. The second kappa shape index (κ2) is 25.9. The maximum atomic E-state index is 11.6. The molecule has 0 fully saturated rings. The molecule has 0 spiro atoms. The molecule has 0 bridgehead atoms. The molecule has 0 aromatic heterocycles. The van der Waals surface area contributed by atoms with Crippen LogP contribution in [0.4, 0.5) is 0 Å². The van der Waals surface area contributed by atoms with Crippen LogP contribution in [0.25, 0.3) is 0 Å². The van der Waals surface area contributed by atoms with E-state index in [1.165, 1.54) is 0 Å². The van der Waals surface area contributed by atoms with E-state index in [4.69, 9.17) is 14.2 Å². The van der Waals surface area contributed by atoms with Gasteiger partial charge in [-0.3, -0.25) is 9.80 Å². The highest BCUT2D eigenvalue weighted by Crippen LogP contribution is 2.00. The van der Waals surface area contributed by atoms with E-state index in [2.05, 4.69) is 21.0 Å². The maximum absolute atomic E-state index is 11.6. The Morgan fingerprint density at radius 2 is 1.53 bits per heavy atom. The normalized spacial score (nSPS) is 12.3. The first-order chi connectivity index (χ1) is 17.5. The maximum Gasteiger partial charge on any atom is 0.219 e. The average Bonchev–Trinajstić information content (AvgIpc) is 2.86. The quantitative estimate of drug-likeness (QED) is 0.0781. The van der Waals surface area contributed by atoms with Gasteiger partial charge in [0.25, 0.3) is 0 Å². The van der Waals surface area contributed by atoms with Crippen LogP contribution in [0.5, 0.6) is 0 Å². The van der Waals surface area contributed by atoms with Crippen molar-refractivity contribution in [3.8, 4) is 0 Å². The van der Waals surface area contributed by atoms with E-state index in [-0.39, 0.29) is 17.7 Å². The summed E-state index contributed by atoms with van der Waals surface area (Å²) < 4.78 is 16.5. The van der Waals surface area contributed by atoms with Gasteiger partial charge >= 0.3 is 0 Å². The lowest BCUT2D eigenvalue weighted by Crippen LogP contribution is -2.39. The Hall–Kier alpha value is -2.21. The van der Waals surface area contributed by atoms with Crippen molar-refractivity contribution in [2.45, 2.75) is 64.8 Å². The van der Waals surface area contributed by atoms with Crippen LogP contribution < -0.4 is 10.6 Å². The molecule has 0 aromatic rings. The Morgan fingerprint density at radius 1 is 0.917 bits per heavy atom. The van der Waals surface area contributed by atoms with Crippen molar-refractivity contribution in [3.05, 3.63) is 12.3 Å². The first kappa shape index (κ1) is 33.8. The summed E-state index contributed by atoms with van der Waals surface area (Å²) in [7, 11) is 1.60. The molecule has 0 heterocycles. The second-order valence-electron chi connectivity index (χ2n) is 8.20. The summed E-state index contributed by atoms with van der Waals surface area (Å²) >= 11 is 0.